The molecule has 0 fully saturated rings. The number of phenols is 2. The van der Waals surface area contributed by atoms with Gasteiger partial charge in [-0.1, -0.05) is 0 Å². The van der Waals surface area contributed by atoms with Crippen LogP contribution >= 0.6 is 15.9 Å². The summed E-state index contributed by atoms with van der Waals surface area (Å²) < 4.78 is 5.42. The highest BCUT2D eigenvalue weighted by Crippen LogP contribution is 2.30. The minimum atomic E-state index is -0.392. The smallest absolute Gasteiger partial charge is 0.271 e. The van der Waals surface area contributed by atoms with E-state index < -0.39 is 5.91 Å². The summed E-state index contributed by atoms with van der Waals surface area (Å²) in [5.41, 5.74) is 3.12. The largest absolute Gasteiger partial charge is 0.507 e. The fourth-order valence-corrected chi connectivity index (χ4v) is 2.00. The predicted octanol–water partition coefficient (Wildman–Crippen LogP) is 2.63. The number of hydrogen-bond donors (Lipinski definition) is 3. The summed E-state index contributed by atoms with van der Waals surface area (Å²) in [5, 5.41) is 22.8. The second-order valence-electron chi connectivity index (χ2n) is 4.29. The monoisotopic (exact) mass is 364 g/mol. The van der Waals surface area contributed by atoms with Crippen LogP contribution in [0.3, 0.4) is 0 Å². The molecule has 0 spiro atoms. The molecule has 7 heteroatoms. The number of nitrogens with one attached hydrogen (secondary N) is 1. The van der Waals surface area contributed by atoms with Gasteiger partial charge < -0.3 is 14.9 Å². The zero-order valence-electron chi connectivity index (χ0n) is 11.6. The number of rotatable bonds is 4. The Labute approximate surface area is 135 Å². The number of hydrazone groups is 1. The van der Waals surface area contributed by atoms with Gasteiger partial charge in [0.05, 0.1) is 17.8 Å². The Morgan fingerprint density at radius 2 is 1.91 bits per heavy atom. The van der Waals surface area contributed by atoms with Crippen molar-refractivity contribution < 1.29 is 19.7 Å². The highest BCUT2D eigenvalue weighted by atomic mass is 79.9. The topological polar surface area (TPSA) is 91.2 Å². The molecule has 2 aromatic carbocycles. The van der Waals surface area contributed by atoms with Crippen molar-refractivity contribution in [3.8, 4) is 17.2 Å². The van der Waals surface area contributed by atoms with Crippen molar-refractivity contribution >= 4 is 28.1 Å². The second-order valence-corrected chi connectivity index (χ2v) is 5.14. The normalized spacial score (nSPS) is 10.6. The van der Waals surface area contributed by atoms with Crippen molar-refractivity contribution in [2.45, 2.75) is 0 Å². The van der Waals surface area contributed by atoms with Gasteiger partial charge in [0, 0.05) is 17.2 Å². The molecule has 0 atom stereocenters. The SMILES string of the molecule is COc1ccc(C(=O)N/N=C/c2cc(Br)c(O)cc2O)cc1. The highest BCUT2D eigenvalue weighted by Gasteiger charge is 2.06. The first-order valence-electron chi connectivity index (χ1n) is 6.20. The van der Waals surface area contributed by atoms with E-state index in [-0.39, 0.29) is 11.5 Å². The molecule has 22 heavy (non-hydrogen) atoms. The van der Waals surface area contributed by atoms with E-state index in [2.05, 4.69) is 26.5 Å². The van der Waals surface area contributed by atoms with Crippen molar-refractivity contribution in [3.05, 3.63) is 52.0 Å². The van der Waals surface area contributed by atoms with Crippen molar-refractivity contribution in [1.82, 2.24) is 5.43 Å². The first-order chi connectivity index (χ1) is 10.5. The minimum absolute atomic E-state index is 0.0862. The Balaban J connectivity index is 2.05. The van der Waals surface area contributed by atoms with Gasteiger partial charge in [-0.25, -0.2) is 5.43 Å². The third-order valence-electron chi connectivity index (χ3n) is 2.82. The first kappa shape index (κ1) is 15.8. The number of benzene rings is 2. The fourth-order valence-electron chi connectivity index (χ4n) is 1.64. The molecule has 6 nitrogen and oxygen atoms in total. The standard InChI is InChI=1S/C15H13BrN2O4/c1-22-11-4-2-9(3-5-11)15(21)18-17-8-10-6-12(16)14(20)7-13(10)19/h2-8,19-20H,1H3,(H,18,21)/b17-8+. The number of nitrogens with zero attached hydrogens (tertiary/aromatic N) is 1. The predicted molar refractivity (Wildman–Crippen MR) is 85.5 cm³/mol. The molecule has 0 bridgehead atoms. The van der Waals surface area contributed by atoms with Crippen LogP contribution in [-0.2, 0) is 0 Å². The van der Waals surface area contributed by atoms with Crippen molar-refractivity contribution in [3.63, 3.8) is 0 Å². The lowest BCUT2D eigenvalue weighted by molar-refractivity contribution is 0.0955. The molecule has 0 heterocycles. The Bertz CT molecular complexity index is 714. The first-order valence-corrected chi connectivity index (χ1v) is 6.99. The van der Waals surface area contributed by atoms with Crippen LogP contribution in [0.2, 0.25) is 0 Å². The number of amides is 1. The number of hydrogen-bond acceptors (Lipinski definition) is 5. The molecule has 3 N–H and O–H groups in total. The van der Waals surface area contributed by atoms with Crippen molar-refractivity contribution in [2.24, 2.45) is 5.10 Å². The molecule has 114 valence electrons. The summed E-state index contributed by atoms with van der Waals surface area (Å²) in [6.07, 6.45) is 1.28. The second kappa shape index (κ2) is 6.95. The number of aromatic hydroxyl groups is 2. The Hall–Kier alpha value is -2.54. The molecular formula is C15H13BrN2O4. The van der Waals surface area contributed by atoms with E-state index >= 15 is 0 Å². The number of halogens is 1. The van der Waals surface area contributed by atoms with Gasteiger partial charge in [-0.05, 0) is 46.3 Å². The van der Waals surface area contributed by atoms with Crippen molar-refractivity contribution in [2.75, 3.05) is 7.11 Å². The number of carbonyl (C=O) groups is 1. The zero-order chi connectivity index (χ0) is 16.1. The van der Waals surface area contributed by atoms with Gasteiger partial charge in [-0.15, -0.1) is 0 Å². The summed E-state index contributed by atoms with van der Waals surface area (Å²) in [6.45, 7) is 0. The van der Waals surface area contributed by atoms with Crippen LogP contribution in [0.4, 0.5) is 0 Å². The molecule has 0 saturated carbocycles. The molecule has 0 aliphatic rings. The number of ether oxygens (including phenoxy) is 1. The lowest BCUT2D eigenvalue weighted by Crippen LogP contribution is -2.17. The summed E-state index contributed by atoms with van der Waals surface area (Å²) in [6, 6.07) is 9.21. The van der Waals surface area contributed by atoms with E-state index in [1.54, 1.807) is 31.4 Å². The molecule has 0 radical (unpaired) electrons. The molecule has 2 rings (SSSR count). The molecule has 0 aliphatic heterocycles. The number of carbonyl (C=O) groups excluding carboxylic acids is 1. The molecule has 0 aromatic heterocycles. The zero-order valence-corrected chi connectivity index (χ0v) is 13.2. The Kier molecular flexibility index (Phi) is 5.00. The van der Waals surface area contributed by atoms with Crippen LogP contribution < -0.4 is 10.2 Å². The lowest BCUT2D eigenvalue weighted by atomic mass is 10.2. The summed E-state index contributed by atoms with van der Waals surface area (Å²) >= 11 is 3.13. The summed E-state index contributed by atoms with van der Waals surface area (Å²) in [5.74, 6) is 0.0234. The van der Waals surface area contributed by atoms with E-state index in [1.165, 1.54) is 18.3 Å². The van der Waals surface area contributed by atoms with Crippen LogP contribution in [0.1, 0.15) is 15.9 Å². The van der Waals surface area contributed by atoms with E-state index in [0.717, 1.165) is 0 Å². The van der Waals surface area contributed by atoms with E-state index in [4.69, 9.17) is 4.74 Å². The van der Waals surface area contributed by atoms with Crippen molar-refractivity contribution in [1.29, 1.82) is 0 Å². The molecule has 1 amide bonds. The average molecular weight is 365 g/mol. The van der Waals surface area contributed by atoms with Gasteiger partial charge in [0.25, 0.3) is 5.91 Å². The molecular weight excluding hydrogens is 352 g/mol. The van der Waals surface area contributed by atoms with E-state index in [0.29, 0.717) is 21.3 Å². The molecule has 0 unspecified atom stereocenters. The molecule has 2 aromatic rings. The van der Waals surface area contributed by atoms with Crippen LogP contribution in [0.25, 0.3) is 0 Å². The summed E-state index contributed by atoms with van der Waals surface area (Å²) in [7, 11) is 1.54. The van der Waals surface area contributed by atoms with Gasteiger partial charge in [0.2, 0.25) is 0 Å². The van der Waals surface area contributed by atoms with Gasteiger partial charge in [0.1, 0.15) is 17.2 Å². The minimum Gasteiger partial charge on any atom is -0.507 e. The Morgan fingerprint density at radius 1 is 1.23 bits per heavy atom. The lowest BCUT2D eigenvalue weighted by Gasteiger charge is -2.03. The van der Waals surface area contributed by atoms with Gasteiger partial charge in [0.15, 0.2) is 0 Å². The third-order valence-corrected chi connectivity index (χ3v) is 3.45. The maximum atomic E-state index is 11.9. The van der Waals surface area contributed by atoms with Crippen LogP contribution in [0.5, 0.6) is 17.2 Å². The van der Waals surface area contributed by atoms with Crippen LogP contribution in [0, 0.1) is 0 Å². The van der Waals surface area contributed by atoms with E-state index in [1.807, 2.05) is 0 Å². The quantitative estimate of drug-likeness (QED) is 0.574. The summed E-state index contributed by atoms with van der Waals surface area (Å²) in [4.78, 5) is 11.9. The third kappa shape index (κ3) is 3.76. The van der Waals surface area contributed by atoms with Gasteiger partial charge in [-0.2, -0.15) is 5.10 Å². The average Bonchev–Trinajstić information content (AvgIpc) is 2.52. The molecule has 0 aliphatic carbocycles. The van der Waals surface area contributed by atoms with E-state index in [9.17, 15) is 15.0 Å². The fraction of sp³-hybridized carbons (Fsp3) is 0.0667. The highest BCUT2D eigenvalue weighted by molar-refractivity contribution is 9.10. The van der Waals surface area contributed by atoms with Gasteiger partial charge >= 0.3 is 0 Å². The Morgan fingerprint density at radius 3 is 2.55 bits per heavy atom. The maximum Gasteiger partial charge on any atom is 0.271 e. The van der Waals surface area contributed by atoms with Gasteiger partial charge in [-0.3, -0.25) is 4.79 Å². The van der Waals surface area contributed by atoms with Crippen LogP contribution in [0.15, 0.2) is 46.0 Å². The number of methoxy groups -OCH3 is 1. The molecule has 0 saturated heterocycles. The maximum absolute atomic E-state index is 11.9. The van der Waals surface area contributed by atoms with Crippen LogP contribution in [-0.4, -0.2) is 29.4 Å². The number of phenolic OH excluding ortho intramolecular Hbond substituents is 2.